The zero-order valence-electron chi connectivity index (χ0n) is 8.89. The zero-order valence-corrected chi connectivity index (χ0v) is 8.89. The monoisotopic (exact) mass is 198 g/mol. The van der Waals surface area contributed by atoms with Crippen LogP contribution in [0.2, 0.25) is 0 Å². The SMILES string of the molecule is C[C@@H]1CN(CCCN=[N+]=[N-])C[C@H](C)O1. The third-order valence-electron chi connectivity index (χ3n) is 2.29. The van der Waals surface area contributed by atoms with E-state index in [0.717, 1.165) is 26.1 Å². The van der Waals surface area contributed by atoms with Crippen molar-refractivity contribution in [3.63, 3.8) is 0 Å². The normalized spacial score (nSPS) is 28.4. The Morgan fingerprint density at radius 2 is 2.07 bits per heavy atom. The Labute approximate surface area is 84.7 Å². The van der Waals surface area contributed by atoms with Crippen molar-refractivity contribution in [2.24, 2.45) is 5.11 Å². The maximum absolute atomic E-state index is 8.11. The number of azide groups is 1. The highest BCUT2D eigenvalue weighted by molar-refractivity contribution is 4.73. The Hall–Kier alpha value is -0.770. The Kier molecular flexibility index (Phi) is 4.73. The lowest BCUT2D eigenvalue weighted by Crippen LogP contribution is -2.45. The minimum absolute atomic E-state index is 0.318. The molecule has 0 aromatic rings. The van der Waals surface area contributed by atoms with Crippen molar-refractivity contribution in [3.8, 4) is 0 Å². The van der Waals surface area contributed by atoms with Crippen molar-refractivity contribution >= 4 is 0 Å². The van der Waals surface area contributed by atoms with Crippen LogP contribution >= 0.6 is 0 Å². The Balaban J connectivity index is 2.19. The molecule has 1 rings (SSSR count). The summed E-state index contributed by atoms with van der Waals surface area (Å²) in [6.45, 7) is 7.75. The molecule has 0 spiro atoms. The Bertz CT molecular complexity index is 205. The number of rotatable bonds is 4. The smallest absolute Gasteiger partial charge is 0.0678 e. The van der Waals surface area contributed by atoms with Crippen LogP contribution in [0.25, 0.3) is 10.4 Å². The number of morpholine rings is 1. The molecule has 0 unspecified atom stereocenters. The van der Waals surface area contributed by atoms with Gasteiger partial charge in [0.2, 0.25) is 0 Å². The van der Waals surface area contributed by atoms with Gasteiger partial charge in [-0.3, -0.25) is 4.90 Å². The van der Waals surface area contributed by atoms with Crippen LogP contribution in [0.5, 0.6) is 0 Å². The van der Waals surface area contributed by atoms with Crippen molar-refractivity contribution in [2.45, 2.75) is 32.5 Å². The summed E-state index contributed by atoms with van der Waals surface area (Å²) in [7, 11) is 0. The van der Waals surface area contributed by atoms with Crippen LogP contribution in [0.4, 0.5) is 0 Å². The van der Waals surface area contributed by atoms with Crippen LogP contribution in [0.3, 0.4) is 0 Å². The molecule has 0 radical (unpaired) electrons. The highest BCUT2D eigenvalue weighted by atomic mass is 16.5. The van der Waals surface area contributed by atoms with Gasteiger partial charge in [-0.2, -0.15) is 0 Å². The summed E-state index contributed by atoms with van der Waals surface area (Å²) in [5.74, 6) is 0. The van der Waals surface area contributed by atoms with E-state index in [-0.39, 0.29) is 0 Å². The van der Waals surface area contributed by atoms with Gasteiger partial charge in [-0.1, -0.05) is 5.11 Å². The average Bonchev–Trinajstić information content (AvgIpc) is 2.11. The van der Waals surface area contributed by atoms with Gasteiger partial charge >= 0.3 is 0 Å². The average molecular weight is 198 g/mol. The van der Waals surface area contributed by atoms with Crippen LogP contribution in [0.1, 0.15) is 20.3 Å². The number of ether oxygens (including phenoxy) is 1. The van der Waals surface area contributed by atoms with E-state index in [4.69, 9.17) is 10.3 Å². The highest BCUT2D eigenvalue weighted by Crippen LogP contribution is 2.10. The minimum Gasteiger partial charge on any atom is -0.373 e. The van der Waals surface area contributed by atoms with Crippen LogP contribution in [0, 0.1) is 0 Å². The van der Waals surface area contributed by atoms with Gasteiger partial charge in [-0.15, -0.1) is 0 Å². The van der Waals surface area contributed by atoms with Crippen molar-refractivity contribution in [1.82, 2.24) is 4.90 Å². The van der Waals surface area contributed by atoms with Crippen LogP contribution < -0.4 is 0 Å². The summed E-state index contributed by atoms with van der Waals surface area (Å²) in [5.41, 5.74) is 8.11. The van der Waals surface area contributed by atoms with Gasteiger partial charge in [0.05, 0.1) is 12.2 Å². The van der Waals surface area contributed by atoms with Crippen molar-refractivity contribution in [1.29, 1.82) is 0 Å². The van der Waals surface area contributed by atoms with Gasteiger partial charge in [0.25, 0.3) is 0 Å². The number of hydrogen-bond donors (Lipinski definition) is 0. The molecule has 14 heavy (non-hydrogen) atoms. The lowest BCUT2D eigenvalue weighted by Gasteiger charge is -2.35. The van der Waals surface area contributed by atoms with Crippen molar-refractivity contribution in [2.75, 3.05) is 26.2 Å². The first-order valence-electron chi connectivity index (χ1n) is 5.11. The van der Waals surface area contributed by atoms with Gasteiger partial charge in [0.1, 0.15) is 0 Å². The third kappa shape index (κ3) is 3.96. The molecule has 1 fully saturated rings. The summed E-state index contributed by atoms with van der Waals surface area (Å²) < 4.78 is 5.62. The first-order valence-corrected chi connectivity index (χ1v) is 5.11. The minimum atomic E-state index is 0.318. The summed E-state index contributed by atoms with van der Waals surface area (Å²) in [6.07, 6.45) is 1.57. The second-order valence-corrected chi connectivity index (χ2v) is 3.82. The Morgan fingerprint density at radius 3 is 2.64 bits per heavy atom. The van der Waals surface area contributed by atoms with Gasteiger partial charge < -0.3 is 4.74 Å². The van der Waals surface area contributed by atoms with E-state index in [9.17, 15) is 0 Å². The maximum atomic E-state index is 8.11. The molecule has 1 aliphatic rings. The van der Waals surface area contributed by atoms with E-state index in [0.29, 0.717) is 18.8 Å². The molecule has 0 aliphatic carbocycles. The molecular formula is C9H18N4O. The molecule has 0 amide bonds. The molecule has 0 bridgehead atoms. The predicted octanol–water partition coefficient (Wildman–Crippen LogP) is 1.80. The van der Waals surface area contributed by atoms with Crippen LogP contribution in [-0.2, 0) is 4.74 Å². The van der Waals surface area contributed by atoms with E-state index in [1.54, 1.807) is 0 Å². The fourth-order valence-electron chi connectivity index (χ4n) is 1.88. The van der Waals surface area contributed by atoms with Gasteiger partial charge in [-0.25, -0.2) is 0 Å². The molecule has 1 saturated heterocycles. The molecule has 0 saturated carbocycles. The molecule has 0 N–H and O–H groups in total. The maximum Gasteiger partial charge on any atom is 0.0678 e. The molecule has 0 aromatic carbocycles. The molecule has 1 heterocycles. The second kappa shape index (κ2) is 5.86. The quantitative estimate of drug-likeness (QED) is 0.299. The van der Waals surface area contributed by atoms with Gasteiger partial charge in [-0.05, 0) is 32.3 Å². The lowest BCUT2D eigenvalue weighted by atomic mass is 10.2. The zero-order chi connectivity index (χ0) is 10.4. The fraction of sp³-hybridized carbons (Fsp3) is 1.00. The second-order valence-electron chi connectivity index (χ2n) is 3.82. The van der Waals surface area contributed by atoms with E-state index < -0.39 is 0 Å². The van der Waals surface area contributed by atoms with Crippen molar-refractivity contribution < 1.29 is 4.74 Å². The fourth-order valence-corrected chi connectivity index (χ4v) is 1.88. The summed E-state index contributed by atoms with van der Waals surface area (Å²) in [4.78, 5) is 5.10. The first-order chi connectivity index (χ1) is 6.72. The largest absolute Gasteiger partial charge is 0.373 e. The van der Waals surface area contributed by atoms with Gasteiger partial charge in [0.15, 0.2) is 0 Å². The molecular weight excluding hydrogens is 180 g/mol. The van der Waals surface area contributed by atoms with E-state index >= 15 is 0 Å². The summed E-state index contributed by atoms with van der Waals surface area (Å²) in [5, 5.41) is 3.52. The Morgan fingerprint density at radius 1 is 1.43 bits per heavy atom. The third-order valence-corrected chi connectivity index (χ3v) is 2.29. The molecule has 80 valence electrons. The van der Waals surface area contributed by atoms with E-state index in [1.807, 2.05) is 0 Å². The topological polar surface area (TPSA) is 61.2 Å². The van der Waals surface area contributed by atoms with Crippen molar-refractivity contribution in [3.05, 3.63) is 10.4 Å². The first kappa shape index (κ1) is 11.3. The number of hydrogen-bond acceptors (Lipinski definition) is 3. The van der Waals surface area contributed by atoms with Crippen LogP contribution in [0.15, 0.2) is 5.11 Å². The van der Waals surface area contributed by atoms with E-state index in [1.165, 1.54) is 0 Å². The summed E-state index contributed by atoms with van der Waals surface area (Å²) in [6, 6.07) is 0. The molecule has 2 atom stereocenters. The standard InChI is InChI=1S/C9H18N4O/c1-8-6-13(7-9(2)14-8)5-3-4-11-12-10/h8-9H,3-7H2,1-2H3/t8-,9+. The summed E-state index contributed by atoms with van der Waals surface area (Å²) >= 11 is 0. The molecule has 0 aromatic heterocycles. The van der Waals surface area contributed by atoms with Crippen LogP contribution in [-0.4, -0.2) is 43.3 Å². The molecule has 5 nitrogen and oxygen atoms in total. The number of nitrogens with zero attached hydrogens (tertiary/aromatic N) is 4. The molecule has 5 heteroatoms. The molecule has 1 aliphatic heterocycles. The van der Waals surface area contributed by atoms with Gasteiger partial charge in [0, 0.05) is 24.5 Å². The highest BCUT2D eigenvalue weighted by Gasteiger charge is 2.21. The predicted molar refractivity (Wildman–Crippen MR) is 55.1 cm³/mol. The van der Waals surface area contributed by atoms with E-state index in [2.05, 4.69) is 28.8 Å². The lowest BCUT2D eigenvalue weighted by molar-refractivity contribution is -0.0679.